The third-order valence-corrected chi connectivity index (χ3v) is 5.00. The maximum atomic E-state index is 14.0. The van der Waals surface area contributed by atoms with E-state index in [1.54, 1.807) is 25.2 Å². The lowest BCUT2D eigenvalue weighted by molar-refractivity contribution is 0.265. The molecule has 0 atom stereocenters. The Balaban J connectivity index is 1.79. The van der Waals surface area contributed by atoms with Crippen LogP contribution in [0.5, 0.6) is 11.5 Å². The summed E-state index contributed by atoms with van der Waals surface area (Å²) in [5.41, 5.74) is 1.21. The van der Waals surface area contributed by atoms with Crippen LogP contribution in [0, 0.1) is 5.82 Å². The highest BCUT2D eigenvalue weighted by Crippen LogP contribution is 2.35. The second-order valence-electron chi connectivity index (χ2n) is 5.79. The molecule has 3 rings (SSSR count). The van der Waals surface area contributed by atoms with Gasteiger partial charge in [0, 0.05) is 23.6 Å². The molecule has 28 heavy (non-hydrogen) atoms. The number of nitrogens with zero attached hydrogens (tertiary/aromatic N) is 4. The fourth-order valence-corrected chi connectivity index (χ4v) is 3.15. The largest absolute Gasteiger partial charge is 0.490 e. The van der Waals surface area contributed by atoms with Crippen LogP contribution in [0.3, 0.4) is 0 Å². The van der Waals surface area contributed by atoms with Crippen LogP contribution in [0.15, 0.2) is 34.8 Å². The summed E-state index contributed by atoms with van der Waals surface area (Å²) in [6.45, 7) is 2.79. The van der Waals surface area contributed by atoms with Crippen LogP contribution in [0.1, 0.15) is 18.1 Å². The summed E-state index contributed by atoms with van der Waals surface area (Å²) in [7, 11) is 1.74. The Hall–Kier alpha value is -2.39. The van der Waals surface area contributed by atoms with E-state index in [2.05, 4.69) is 36.8 Å². The van der Waals surface area contributed by atoms with Crippen LogP contribution < -0.4 is 14.8 Å². The van der Waals surface area contributed by atoms with Crippen molar-refractivity contribution in [1.82, 2.24) is 20.2 Å². The van der Waals surface area contributed by atoms with E-state index in [1.165, 1.54) is 10.7 Å². The van der Waals surface area contributed by atoms with Gasteiger partial charge in [0.1, 0.15) is 12.4 Å². The number of anilines is 1. The third-order valence-electron chi connectivity index (χ3n) is 3.90. The van der Waals surface area contributed by atoms with Gasteiger partial charge in [-0.3, -0.25) is 0 Å². The number of aromatic nitrogens is 4. The maximum absolute atomic E-state index is 14.0. The van der Waals surface area contributed by atoms with E-state index in [-0.39, 0.29) is 6.61 Å². The number of halogens is 3. The Bertz CT molecular complexity index is 949. The summed E-state index contributed by atoms with van der Waals surface area (Å²) >= 11 is 9.61. The van der Waals surface area contributed by atoms with Gasteiger partial charge in [-0.05, 0) is 47.2 Å². The van der Waals surface area contributed by atoms with Crippen LogP contribution in [-0.4, -0.2) is 26.8 Å². The summed E-state index contributed by atoms with van der Waals surface area (Å²) in [6, 6.07) is 8.16. The van der Waals surface area contributed by atoms with E-state index in [0.717, 1.165) is 10.0 Å². The lowest BCUT2D eigenvalue weighted by Crippen LogP contribution is -2.07. The van der Waals surface area contributed by atoms with Gasteiger partial charge in [0.15, 0.2) is 11.5 Å². The fraction of sp³-hybridized carbons (Fsp3) is 0.278. The van der Waals surface area contributed by atoms with Crippen LogP contribution >= 0.6 is 27.5 Å². The Labute approximate surface area is 174 Å². The van der Waals surface area contributed by atoms with Crippen molar-refractivity contribution in [3.63, 3.8) is 0 Å². The SMILES string of the molecule is CCOc1cc(CNc2nnnn2C)c(Br)cc1OCc1c(F)cccc1Cl. The lowest BCUT2D eigenvalue weighted by Gasteiger charge is -2.16. The molecule has 0 saturated carbocycles. The van der Waals surface area contributed by atoms with Crippen molar-refractivity contribution in [1.29, 1.82) is 0 Å². The van der Waals surface area contributed by atoms with Crippen molar-refractivity contribution in [3.05, 3.63) is 56.8 Å². The third kappa shape index (κ3) is 4.71. The van der Waals surface area contributed by atoms with Crippen LogP contribution in [0.2, 0.25) is 5.02 Å². The van der Waals surface area contributed by atoms with Crippen LogP contribution in [0.4, 0.5) is 10.3 Å². The molecule has 10 heteroatoms. The molecule has 0 aliphatic heterocycles. The Morgan fingerprint density at radius 2 is 2.04 bits per heavy atom. The van der Waals surface area contributed by atoms with Gasteiger partial charge in [-0.15, -0.1) is 0 Å². The number of hydrogen-bond donors (Lipinski definition) is 1. The molecule has 0 bridgehead atoms. The highest BCUT2D eigenvalue weighted by Gasteiger charge is 2.14. The van der Waals surface area contributed by atoms with Gasteiger partial charge in [0.25, 0.3) is 0 Å². The minimum atomic E-state index is -0.414. The van der Waals surface area contributed by atoms with Gasteiger partial charge in [-0.25, -0.2) is 9.07 Å². The first-order chi connectivity index (χ1) is 13.5. The molecule has 0 amide bonds. The molecule has 1 N–H and O–H groups in total. The topological polar surface area (TPSA) is 74.1 Å². The smallest absolute Gasteiger partial charge is 0.242 e. The van der Waals surface area contributed by atoms with E-state index in [4.69, 9.17) is 21.1 Å². The number of tetrazole rings is 1. The summed E-state index contributed by atoms with van der Waals surface area (Å²) in [5.74, 6) is 1.16. The summed E-state index contributed by atoms with van der Waals surface area (Å²) in [4.78, 5) is 0. The molecule has 1 heterocycles. The predicted molar refractivity (Wildman–Crippen MR) is 107 cm³/mol. The van der Waals surface area contributed by atoms with Crippen LogP contribution in [-0.2, 0) is 20.2 Å². The molecule has 7 nitrogen and oxygen atoms in total. The Morgan fingerprint density at radius 1 is 1.25 bits per heavy atom. The summed E-state index contributed by atoms with van der Waals surface area (Å²) in [6.07, 6.45) is 0. The first-order valence-corrected chi connectivity index (χ1v) is 9.63. The molecule has 0 radical (unpaired) electrons. The van der Waals surface area contributed by atoms with Crippen LogP contribution in [0.25, 0.3) is 0 Å². The van der Waals surface area contributed by atoms with E-state index in [9.17, 15) is 4.39 Å². The van der Waals surface area contributed by atoms with Crippen molar-refractivity contribution in [3.8, 4) is 11.5 Å². The molecule has 0 aliphatic carbocycles. The van der Waals surface area contributed by atoms with Crippen molar-refractivity contribution in [2.75, 3.05) is 11.9 Å². The monoisotopic (exact) mass is 469 g/mol. The summed E-state index contributed by atoms with van der Waals surface area (Å²) < 4.78 is 27.8. The molecular weight excluding hydrogens is 453 g/mol. The van der Waals surface area contributed by atoms with Gasteiger partial charge in [-0.1, -0.05) is 38.7 Å². The molecule has 148 valence electrons. The minimum Gasteiger partial charge on any atom is -0.490 e. The van der Waals surface area contributed by atoms with E-state index in [1.807, 2.05) is 13.0 Å². The fourth-order valence-electron chi connectivity index (χ4n) is 2.47. The van der Waals surface area contributed by atoms with Gasteiger partial charge >= 0.3 is 0 Å². The van der Waals surface area contributed by atoms with E-state index in [0.29, 0.717) is 41.2 Å². The zero-order valence-electron chi connectivity index (χ0n) is 15.2. The average molecular weight is 471 g/mol. The molecule has 0 fully saturated rings. The molecular formula is C18H18BrClFN5O2. The van der Waals surface area contributed by atoms with Gasteiger partial charge in [-0.2, -0.15) is 0 Å². The molecule has 1 aromatic heterocycles. The second-order valence-corrected chi connectivity index (χ2v) is 7.05. The van der Waals surface area contributed by atoms with Gasteiger partial charge < -0.3 is 14.8 Å². The zero-order chi connectivity index (χ0) is 20.1. The number of hydrogen-bond acceptors (Lipinski definition) is 6. The van der Waals surface area contributed by atoms with E-state index >= 15 is 0 Å². The highest BCUT2D eigenvalue weighted by molar-refractivity contribution is 9.10. The number of benzene rings is 2. The minimum absolute atomic E-state index is 0.0137. The number of rotatable bonds is 8. The predicted octanol–water partition coefficient (Wildman–Crippen LogP) is 4.35. The standard InChI is InChI=1S/C18H18BrClFN5O2/c1-3-27-16-7-11(9-22-18-23-24-25-26(18)2)13(19)8-17(16)28-10-12-14(20)5-4-6-15(12)21/h4-8H,3,9-10H2,1-2H3,(H,22,23,25). The molecule has 0 unspecified atom stereocenters. The number of ether oxygens (including phenoxy) is 2. The van der Waals surface area contributed by atoms with Crippen molar-refractivity contribution in [2.45, 2.75) is 20.1 Å². The number of aryl methyl sites for hydroxylation is 1. The molecule has 0 spiro atoms. The molecule has 2 aromatic carbocycles. The quantitative estimate of drug-likeness (QED) is 0.527. The highest BCUT2D eigenvalue weighted by atomic mass is 79.9. The van der Waals surface area contributed by atoms with Crippen molar-refractivity contribution in [2.24, 2.45) is 7.05 Å². The Kier molecular flexibility index (Phi) is 6.69. The first-order valence-electron chi connectivity index (χ1n) is 8.46. The van der Waals surface area contributed by atoms with Gasteiger partial charge in [0.2, 0.25) is 5.95 Å². The number of nitrogens with one attached hydrogen (secondary N) is 1. The summed E-state index contributed by atoms with van der Waals surface area (Å²) in [5, 5.41) is 14.7. The zero-order valence-corrected chi connectivity index (χ0v) is 17.6. The Morgan fingerprint density at radius 3 is 2.71 bits per heavy atom. The molecule has 0 saturated heterocycles. The molecule has 0 aliphatic rings. The maximum Gasteiger partial charge on any atom is 0.242 e. The van der Waals surface area contributed by atoms with Gasteiger partial charge in [0.05, 0.1) is 11.6 Å². The first kappa shape index (κ1) is 20.3. The average Bonchev–Trinajstić information content (AvgIpc) is 3.07. The lowest BCUT2D eigenvalue weighted by atomic mass is 10.2. The normalized spacial score (nSPS) is 10.8. The molecule has 3 aromatic rings. The van der Waals surface area contributed by atoms with Crippen molar-refractivity contribution < 1.29 is 13.9 Å². The second kappa shape index (κ2) is 9.20. The van der Waals surface area contributed by atoms with E-state index < -0.39 is 5.82 Å². The van der Waals surface area contributed by atoms with Crippen molar-refractivity contribution >= 4 is 33.5 Å².